The summed E-state index contributed by atoms with van der Waals surface area (Å²) in [6.07, 6.45) is 0. The molecule has 104 valence electrons. The van der Waals surface area contributed by atoms with E-state index in [1.165, 1.54) is 18.2 Å². The molecule has 0 heterocycles. The highest BCUT2D eigenvalue weighted by Gasteiger charge is 2.13. The Morgan fingerprint density at radius 3 is 2.60 bits per heavy atom. The second-order valence-corrected chi connectivity index (χ2v) is 5.74. The molecule has 0 aromatic heterocycles. The number of halogens is 3. The van der Waals surface area contributed by atoms with Gasteiger partial charge in [-0.25, -0.2) is 0 Å². The van der Waals surface area contributed by atoms with Crippen molar-refractivity contribution in [3.8, 4) is 11.5 Å². The summed E-state index contributed by atoms with van der Waals surface area (Å²) in [5.41, 5.74) is 0.843. The molecular weight excluding hydrogens is 413 g/mol. The summed E-state index contributed by atoms with van der Waals surface area (Å²) in [7, 11) is 0. The lowest BCUT2D eigenvalue weighted by atomic mass is 10.2. The van der Waals surface area contributed by atoms with Crippen molar-refractivity contribution in [2.45, 2.75) is 5.33 Å². The van der Waals surface area contributed by atoms with Crippen molar-refractivity contribution >= 4 is 49.1 Å². The molecule has 0 aliphatic heterocycles. The van der Waals surface area contributed by atoms with E-state index >= 15 is 0 Å². The Bertz CT molecular complexity index is 664. The van der Waals surface area contributed by atoms with Gasteiger partial charge in [0.15, 0.2) is 5.75 Å². The van der Waals surface area contributed by atoms with Crippen LogP contribution in [-0.4, -0.2) is 4.92 Å². The minimum Gasteiger partial charge on any atom is -0.455 e. The molecule has 0 radical (unpaired) electrons. The molecular formula is C13H8Br2ClNO3. The zero-order valence-electron chi connectivity index (χ0n) is 9.98. The van der Waals surface area contributed by atoms with E-state index in [4.69, 9.17) is 16.3 Å². The molecule has 0 amide bonds. The molecule has 20 heavy (non-hydrogen) atoms. The SMILES string of the molecule is O=[N+]([O-])c1ccc(Cl)c(Oc2cc(Br)ccc2CBr)c1. The molecule has 7 heteroatoms. The van der Waals surface area contributed by atoms with Gasteiger partial charge < -0.3 is 4.74 Å². The fourth-order valence-corrected chi connectivity index (χ4v) is 2.50. The van der Waals surface area contributed by atoms with Gasteiger partial charge in [-0.1, -0.05) is 49.5 Å². The van der Waals surface area contributed by atoms with E-state index in [2.05, 4.69) is 31.9 Å². The highest BCUT2D eigenvalue weighted by Crippen LogP contribution is 2.35. The van der Waals surface area contributed by atoms with E-state index in [0.717, 1.165) is 10.0 Å². The van der Waals surface area contributed by atoms with Crippen LogP contribution in [0.1, 0.15) is 5.56 Å². The first-order valence-electron chi connectivity index (χ1n) is 5.47. The van der Waals surface area contributed by atoms with Crippen molar-refractivity contribution in [3.63, 3.8) is 0 Å². The van der Waals surface area contributed by atoms with Crippen LogP contribution in [-0.2, 0) is 5.33 Å². The Balaban J connectivity index is 2.41. The van der Waals surface area contributed by atoms with Crippen LogP contribution in [0.3, 0.4) is 0 Å². The molecule has 0 aliphatic carbocycles. The fraction of sp³-hybridized carbons (Fsp3) is 0.0769. The van der Waals surface area contributed by atoms with Gasteiger partial charge in [0.25, 0.3) is 5.69 Å². The van der Waals surface area contributed by atoms with E-state index in [0.29, 0.717) is 16.1 Å². The topological polar surface area (TPSA) is 52.4 Å². The molecule has 2 aromatic rings. The van der Waals surface area contributed by atoms with Gasteiger partial charge in [-0.15, -0.1) is 0 Å². The van der Waals surface area contributed by atoms with Gasteiger partial charge in [0.2, 0.25) is 0 Å². The van der Waals surface area contributed by atoms with E-state index in [-0.39, 0.29) is 11.4 Å². The van der Waals surface area contributed by atoms with E-state index < -0.39 is 4.92 Å². The van der Waals surface area contributed by atoms with Crippen LogP contribution < -0.4 is 4.74 Å². The van der Waals surface area contributed by atoms with Crippen molar-refractivity contribution in [1.29, 1.82) is 0 Å². The molecule has 0 saturated carbocycles. The predicted molar refractivity (Wildman–Crippen MR) is 85.0 cm³/mol. The summed E-state index contributed by atoms with van der Waals surface area (Å²) in [4.78, 5) is 10.3. The van der Waals surface area contributed by atoms with E-state index in [1.54, 1.807) is 6.07 Å². The number of non-ortho nitro benzene ring substituents is 1. The minimum atomic E-state index is -0.491. The van der Waals surface area contributed by atoms with Crippen molar-refractivity contribution in [3.05, 3.63) is 61.6 Å². The van der Waals surface area contributed by atoms with Crippen LogP contribution in [0.5, 0.6) is 11.5 Å². The fourth-order valence-electron chi connectivity index (χ4n) is 1.54. The molecule has 2 rings (SSSR count). The monoisotopic (exact) mass is 419 g/mol. The highest BCUT2D eigenvalue weighted by atomic mass is 79.9. The maximum atomic E-state index is 10.8. The molecule has 4 nitrogen and oxygen atoms in total. The zero-order chi connectivity index (χ0) is 14.7. The minimum absolute atomic E-state index is 0.0696. The largest absolute Gasteiger partial charge is 0.455 e. The maximum Gasteiger partial charge on any atom is 0.273 e. The molecule has 2 aromatic carbocycles. The lowest BCUT2D eigenvalue weighted by Crippen LogP contribution is -1.93. The maximum absolute atomic E-state index is 10.8. The van der Waals surface area contributed by atoms with Gasteiger partial charge in [0, 0.05) is 21.4 Å². The van der Waals surface area contributed by atoms with E-state index in [9.17, 15) is 10.1 Å². The Kier molecular flexibility index (Phi) is 5.01. The van der Waals surface area contributed by atoms with Crippen LogP contribution in [0, 0.1) is 10.1 Å². The van der Waals surface area contributed by atoms with Gasteiger partial charge in [0.05, 0.1) is 16.0 Å². The number of nitrogens with zero attached hydrogens (tertiary/aromatic N) is 1. The third-order valence-electron chi connectivity index (χ3n) is 2.52. The van der Waals surface area contributed by atoms with Gasteiger partial charge in [0.1, 0.15) is 5.75 Å². The number of hydrogen-bond donors (Lipinski definition) is 0. The molecule has 0 fully saturated rings. The van der Waals surface area contributed by atoms with Gasteiger partial charge in [-0.3, -0.25) is 10.1 Å². The molecule has 0 N–H and O–H groups in total. The molecule has 0 atom stereocenters. The van der Waals surface area contributed by atoms with Gasteiger partial charge in [-0.05, 0) is 18.2 Å². The Hall–Kier alpha value is -1.11. The number of nitro benzene ring substituents is 1. The zero-order valence-corrected chi connectivity index (χ0v) is 13.9. The van der Waals surface area contributed by atoms with Crippen LogP contribution in [0.15, 0.2) is 40.9 Å². The number of ether oxygens (including phenoxy) is 1. The quantitative estimate of drug-likeness (QED) is 0.362. The first kappa shape index (κ1) is 15.3. The molecule has 0 bridgehead atoms. The summed E-state index contributed by atoms with van der Waals surface area (Å²) in [5, 5.41) is 11.7. The number of rotatable bonds is 4. The smallest absolute Gasteiger partial charge is 0.273 e. The lowest BCUT2D eigenvalue weighted by molar-refractivity contribution is -0.384. The first-order chi connectivity index (χ1) is 9.51. The van der Waals surface area contributed by atoms with Crippen LogP contribution >= 0.6 is 43.5 Å². The van der Waals surface area contributed by atoms with Crippen LogP contribution in [0.25, 0.3) is 0 Å². The van der Waals surface area contributed by atoms with Gasteiger partial charge >= 0.3 is 0 Å². The number of hydrogen-bond acceptors (Lipinski definition) is 3. The van der Waals surface area contributed by atoms with Crippen LogP contribution in [0.2, 0.25) is 5.02 Å². The molecule has 0 saturated heterocycles. The third-order valence-corrected chi connectivity index (χ3v) is 3.93. The Morgan fingerprint density at radius 2 is 1.95 bits per heavy atom. The average Bonchev–Trinajstić information content (AvgIpc) is 2.41. The molecule has 0 unspecified atom stereocenters. The summed E-state index contributed by atoms with van der Waals surface area (Å²) in [5.74, 6) is 0.833. The first-order valence-corrected chi connectivity index (χ1v) is 7.76. The Morgan fingerprint density at radius 1 is 1.20 bits per heavy atom. The van der Waals surface area contributed by atoms with Crippen molar-refractivity contribution < 1.29 is 9.66 Å². The van der Waals surface area contributed by atoms with Gasteiger partial charge in [-0.2, -0.15) is 0 Å². The second kappa shape index (κ2) is 6.56. The van der Waals surface area contributed by atoms with Crippen LogP contribution in [0.4, 0.5) is 5.69 Å². The van der Waals surface area contributed by atoms with Crippen molar-refractivity contribution in [2.75, 3.05) is 0 Å². The molecule has 0 spiro atoms. The normalized spacial score (nSPS) is 10.3. The summed E-state index contributed by atoms with van der Waals surface area (Å²) >= 11 is 12.7. The number of benzene rings is 2. The molecule has 0 aliphatic rings. The van der Waals surface area contributed by atoms with Crippen molar-refractivity contribution in [1.82, 2.24) is 0 Å². The second-order valence-electron chi connectivity index (χ2n) is 3.86. The van der Waals surface area contributed by atoms with E-state index in [1.807, 2.05) is 12.1 Å². The summed E-state index contributed by atoms with van der Waals surface area (Å²) in [6.45, 7) is 0. The van der Waals surface area contributed by atoms with Crippen molar-refractivity contribution in [2.24, 2.45) is 0 Å². The number of nitro groups is 1. The third kappa shape index (κ3) is 3.50. The highest BCUT2D eigenvalue weighted by molar-refractivity contribution is 9.10. The Labute approximate surface area is 137 Å². The standard InChI is InChI=1S/C13H8Br2ClNO3/c14-7-8-1-2-9(15)5-12(8)20-13-6-10(17(18)19)3-4-11(13)16/h1-6H,7H2. The summed E-state index contributed by atoms with van der Waals surface area (Å²) < 4.78 is 6.55. The average molecular weight is 421 g/mol. The number of alkyl halides is 1. The summed E-state index contributed by atoms with van der Waals surface area (Å²) in [6, 6.07) is 9.65. The lowest BCUT2D eigenvalue weighted by Gasteiger charge is -2.11. The predicted octanol–water partition coefficient (Wildman–Crippen LogP) is 5.70.